The Hall–Kier alpha value is -0.120. The summed E-state index contributed by atoms with van der Waals surface area (Å²) in [6.45, 7) is 5.67. The normalized spacial score (nSPS) is 30.8. The van der Waals surface area contributed by atoms with Crippen LogP contribution < -0.4 is 10.6 Å². The van der Waals surface area contributed by atoms with Crippen LogP contribution in [0.1, 0.15) is 38.5 Å². The Morgan fingerprint density at radius 2 is 2.25 bits per heavy atom. The molecular weight excluding hydrogens is 200 g/mol. The van der Waals surface area contributed by atoms with Crippen LogP contribution in [-0.2, 0) is 4.74 Å². The van der Waals surface area contributed by atoms with Crippen molar-refractivity contribution in [1.82, 2.24) is 10.6 Å². The summed E-state index contributed by atoms with van der Waals surface area (Å²) in [5.74, 6) is 0.938. The number of nitrogens with one attached hydrogen (secondary N) is 2. The first-order valence-corrected chi connectivity index (χ1v) is 6.98. The number of rotatable bonds is 6. The van der Waals surface area contributed by atoms with Gasteiger partial charge in [0.15, 0.2) is 0 Å². The summed E-state index contributed by atoms with van der Waals surface area (Å²) in [6, 6.07) is 0. The molecule has 16 heavy (non-hydrogen) atoms. The molecular formula is C13H26N2O. The maximum atomic E-state index is 5.69. The molecule has 2 fully saturated rings. The Labute approximate surface area is 99.3 Å². The summed E-state index contributed by atoms with van der Waals surface area (Å²) in [4.78, 5) is 0. The van der Waals surface area contributed by atoms with Crippen LogP contribution in [0.2, 0.25) is 0 Å². The quantitative estimate of drug-likeness (QED) is 0.674. The van der Waals surface area contributed by atoms with E-state index in [-0.39, 0.29) is 0 Å². The third-order valence-corrected chi connectivity index (χ3v) is 3.77. The third kappa shape index (κ3) is 4.40. The fourth-order valence-electron chi connectivity index (χ4n) is 2.71. The zero-order chi connectivity index (χ0) is 11.1. The Balaban J connectivity index is 1.42. The van der Waals surface area contributed by atoms with Gasteiger partial charge in [0.1, 0.15) is 0 Å². The Bertz CT molecular complexity index is 175. The van der Waals surface area contributed by atoms with Gasteiger partial charge in [0.25, 0.3) is 0 Å². The molecule has 2 heterocycles. The zero-order valence-electron chi connectivity index (χ0n) is 10.3. The van der Waals surface area contributed by atoms with Gasteiger partial charge in [-0.25, -0.2) is 0 Å². The molecule has 2 aliphatic heterocycles. The van der Waals surface area contributed by atoms with E-state index in [1.807, 2.05) is 0 Å². The van der Waals surface area contributed by atoms with Crippen molar-refractivity contribution in [2.75, 3.05) is 32.8 Å². The lowest BCUT2D eigenvalue weighted by molar-refractivity contribution is 0.0170. The molecule has 2 rings (SSSR count). The highest BCUT2D eigenvalue weighted by Gasteiger charge is 2.14. The van der Waals surface area contributed by atoms with E-state index in [1.165, 1.54) is 51.6 Å². The molecule has 0 aromatic heterocycles. The van der Waals surface area contributed by atoms with Gasteiger partial charge in [-0.3, -0.25) is 0 Å². The van der Waals surface area contributed by atoms with Crippen LogP contribution in [0.15, 0.2) is 0 Å². The number of ether oxygens (including phenoxy) is 1. The smallest absolute Gasteiger partial charge is 0.0699 e. The van der Waals surface area contributed by atoms with Crippen molar-refractivity contribution in [2.45, 2.75) is 44.6 Å². The topological polar surface area (TPSA) is 33.3 Å². The molecule has 2 saturated heterocycles. The molecule has 3 nitrogen and oxygen atoms in total. The highest BCUT2D eigenvalue weighted by atomic mass is 16.5. The molecule has 2 atom stereocenters. The molecule has 2 N–H and O–H groups in total. The van der Waals surface area contributed by atoms with Gasteiger partial charge in [-0.2, -0.15) is 0 Å². The van der Waals surface area contributed by atoms with E-state index in [9.17, 15) is 0 Å². The minimum absolute atomic E-state index is 0.488. The Morgan fingerprint density at radius 3 is 3.00 bits per heavy atom. The van der Waals surface area contributed by atoms with Gasteiger partial charge in [0.2, 0.25) is 0 Å². The maximum absolute atomic E-state index is 5.69. The van der Waals surface area contributed by atoms with E-state index in [2.05, 4.69) is 10.6 Å². The first-order valence-electron chi connectivity index (χ1n) is 6.98. The van der Waals surface area contributed by atoms with Crippen molar-refractivity contribution < 1.29 is 4.74 Å². The first-order chi connectivity index (χ1) is 7.95. The second-order valence-electron chi connectivity index (χ2n) is 5.19. The lowest BCUT2D eigenvalue weighted by Gasteiger charge is -2.22. The highest BCUT2D eigenvalue weighted by molar-refractivity contribution is 4.71. The maximum Gasteiger partial charge on any atom is 0.0699 e. The third-order valence-electron chi connectivity index (χ3n) is 3.77. The summed E-state index contributed by atoms with van der Waals surface area (Å²) in [7, 11) is 0. The monoisotopic (exact) mass is 226 g/mol. The van der Waals surface area contributed by atoms with Crippen LogP contribution in [0, 0.1) is 5.92 Å². The minimum atomic E-state index is 0.488. The van der Waals surface area contributed by atoms with Crippen LogP contribution >= 0.6 is 0 Å². The summed E-state index contributed by atoms with van der Waals surface area (Å²) in [6.07, 6.45) is 8.42. The SMILES string of the molecule is C1CCC(CNCCCC2CCNC2)OC1. The van der Waals surface area contributed by atoms with Crippen molar-refractivity contribution in [3.05, 3.63) is 0 Å². The van der Waals surface area contributed by atoms with Crippen LogP contribution in [0.3, 0.4) is 0 Å². The van der Waals surface area contributed by atoms with Gasteiger partial charge < -0.3 is 15.4 Å². The first kappa shape index (κ1) is 12.3. The van der Waals surface area contributed by atoms with E-state index in [4.69, 9.17) is 4.74 Å². The minimum Gasteiger partial charge on any atom is -0.377 e. The van der Waals surface area contributed by atoms with E-state index in [1.54, 1.807) is 0 Å². The van der Waals surface area contributed by atoms with Crippen LogP contribution in [0.5, 0.6) is 0 Å². The van der Waals surface area contributed by atoms with Crippen LogP contribution in [0.4, 0.5) is 0 Å². The lowest BCUT2D eigenvalue weighted by Crippen LogP contribution is -2.32. The molecule has 0 bridgehead atoms. The average Bonchev–Trinajstić information content (AvgIpc) is 2.83. The predicted octanol–water partition coefficient (Wildman–Crippen LogP) is 1.53. The van der Waals surface area contributed by atoms with Gasteiger partial charge in [0, 0.05) is 13.2 Å². The standard InChI is InChI=1S/C13H26N2O/c1-2-9-16-13(5-1)11-14-7-3-4-12-6-8-15-10-12/h12-15H,1-11H2. The summed E-state index contributed by atoms with van der Waals surface area (Å²) in [5.41, 5.74) is 0. The van der Waals surface area contributed by atoms with Gasteiger partial charge in [0.05, 0.1) is 6.10 Å². The molecule has 0 aromatic rings. The Morgan fingerprint density at radius 1 is 1.25 bits per heavy atom. The van der Waals surface area contributed by atoms with Gasteiger partial charge in [-0.15, -0.1) is 0 Å². The van der Waals surface area contributed by atoms with Crippen molar-refractivity contribution >= 4 is 0 Å². The summed E-state index contributed by atoms with van der Waals surface area (Å²) in [5, 5.41) is 6.96. The van der Waals surface area contributed by atoms with Crippen molar-refractivity contribution in [2.24, 2.45) is 5.92 Å². The summed E-state index contributed by atoms with van der Waals surface area (Å²) >= 11 is 0. The van der Waals surface area contributed by atoms with Gasteiger partial charge in [-0.1, -0.05) is 0 Å². The molecule has 0 saturated carbocycles. The van der Waals surface area contributed by atoms with Crippen molar-refractivity contribution in [3.63, 3.8) is 0 Å². The molecule has 2 aliphatic rings. The zero-order valence-corrected chi connectivity index (χ0v) is 10.3. The fraction of sp³-hybridized carbons (Fsp3) is 1.00. The second kappa shape index (κ2) is 7.25. The molecule has 0 spiro atoms. The van der Waals surface area contributed by atoms with Crippen LogP contribution in [-0.4, -0.2) is 38.9 Å². The van der Waals surface area contributed by atoms with Crippen LogP contribution in [0.25, 0.3) is 0 Å². The molecule has 0 aliphatic carbocycles. The molecule has 3 heteroatoms. The van der Waals surface area contributed by atoms with E-state index < -0.39 is 0 Å². The lowest BCUT2D eigenvalue weighted by atomic mass is 10.0. The second-order valence-corrected chi connectivity index (χ2v) is 5.19. The largest absolute Gasteiger partial charge is 0.377 e. The average molecular weight is 226 g/mol. The van der Waals surface area contributed by atoms with Crippen molar-refractivity contribution in [1.29, 1.82) is 0 Å². The van der Waals surface area contributed by atoms with Crippen molar-refractivity contribution in [3.8, 4) is 0 Å². The number of hydrogen-bond donors (Lipinski definition) is 2. The van der Waals surface area contributed by atoms with E-state index in [0.717, 1.165) is 25.6 Å². The van der Waals surface area contributed by atoms with E-state index in [0.29, 0.717) is 6.10 Å². The number of hydrogen-bond acceptors (Lipinski definition) is 3. The van der Waals surface area contributed by atoms with E-state index >= 15 is 0 Å². The fourth-order valence-corrected chi connectivity index (χ4v) is 2.71. The van der Waals surface area contributed by atoms with Gasteiger partial charge in [-0.05, 0) is 64.1 Å². The molecule has 0 aromatic carbocycles. The predicted molar refractivity (Wildman–Crippen MR) is 66.7 cm³/mol. The molecule has 2 unspecified atom stereocenters. The highest BCUT2D eigenvalue weighted by Crippen LogP contribution is 2.14. The molecule has 0 amide bonds. The summed E-state index contributed by atoms with van der Waals surface area (Å²) < 4.78 is 5.69. The van der Waals surface area contributed by atoms with Gasteiger partial charge >= 0.3 is 0 Å². The molecule has 0 radical (unpaired) electrons. The molecule has 94 valence electrons. The Kier molecular flexibility index (Phi) is 5.59.